The zero-order valence-corrected chi connectivity index (χ0v) is 15.6. The maximum Gasteiger partial charge on any atom is 0.243 e. The molecule has 2 N–H and O–H groups in total. The fraction of sp³-hybridized carbons (Fsp3) is 0.333. The van der Waals surface area contributed by atoms with Gasteiger partial charge in [-0.1, -0.05) is 30.3 Å². The van der Waals surface area contributed by atoms with Gasteiger partial charge in [0, 0.05) is 19.0 Å². The Balaban J connectivity index is 0.00000225. The molecule has 1 aliphatic rings. The van der Waals surface area contributed by atoms with E-state index in [2.05, 4.69) is 0 Å². The molecule has 1 aliphatic heterocycles. The molecule has 1 heterocycles. The van der Waals surface area contributed by atoms with E-state index in [0.29, 0.717) is 25.2 Å². The minimum absolute atomic E-state index is 0. The predicted octanol–water partition coefficient (Wildman–Crippen LogP) is 2.92. The first-order valence-electron chi connectivity index (χ1n) is 7.95. The molecule has 7 heteroatoms. The largest absolute Gasteiger partial charge is 0.330 e. The van der Waals surface area contributed by atoms with Crippen LogP contribution in [0.15, 0.2) is 53.4 Å². The second-order valence-corrected chi connectivity index (χ2v) is 8.18. The summed E-state index contributed by atoms with van der Waals surface area (Å²) in [7, 11) is -3.65. The number of aryl methyl sites for hydroxylation is 1. The normalized spacial score (nSPS) is 21.1. The molecule has 0 bridgehead atoms. The fourth-order valence-electron chi connectivity index (χ4n) is 3.27. The van der Waals surface area contributed by atoms with Gasteiger partial charge in [0.2, 0.25) is 10.0 Å². The van der Waals surface area contributed by atoms with Gasteiger partial charge in [-0.25, -0.2) is 12.8 Å². The highest BCUT2D eigenvalue weighted by atomic mass is 35.5. The Morgan fingerprint density at radius 1 is 1.16 bits per heavy atom. The Labute approximate surface area is 154 Å². The van der Waals surface area contributed by atoms with Crippen LogP contribution in [-0.2, 0) is 10.0 Å². The highest BCUT2D eigenvalue weighted by Crippen LogP contribution is 2.35. The summed E-state index contributed by atoms with van der Waals surface area (Å²) in [6.45, 7) is 2.77. The summed E-state index contributed by atoms with van der Waals surface area (Å²) in [5.74, 6) is -0.256. The number of hydrogen-bond donors (Lipinski definition) is 1. The number of sulfonamides is 1. The van der Waals surface area contributed by atoms with Crippen molar-refractivity contribution in [2.45, 2.75) is 17.7 Å². The van der Waals surface area contributed by atoms with Crippen molar-refractivity contribution in [3.05, 3.63) is 65.5 Å². The van der Waals surface area contributed by atoms with Crippen molar-refractivity contribution >= 4 is 22.4 Å². The molecule has 0 radical (unpaired) electrons. The Morgan fingerprint density at radius 3 is 2.44 bits per heavy atom. The number of halogens is 2. The van der Waals surface area contributed by atoms with Crippen molar-refractivity contribution in [3.63, 3.8) is 0 Å². The van der Waals surface area contributed by atoms with Crippen LogP contribution in [0, 0.1) is 18.7 Å². The van der Waals surface area contributed by atoms with Gasteiger partial charge in [-0.2, -0.15) is 4.31 Å². The minimum Gasteiger partial charge on any atom is -0.330 e. The van der Waals surface area contributed by atoms with E-state index in [4.69, 9.17) is 5.73 Å². The quantitative estimate of drug-likeness (QED) is 0.881. The van der Waals surface area contributed by atoms with Gasteiger partial charge < -0.3 is 5.73 Å². The zero-order chi connectivity index (χ0) is 17.3. The summed E-state index contributed by atoms with van der Waals surface area (Å²) in [6, 6.07) is 13.8. The van der Waals surface area contributed by atoms with Gasteiger partial charge in [0.05, 0.1) is 4.90 Å². The Bertz CT molecular complexity index is 830. The van der Waals surface area contributed by atoms with E-state index in [1.54, 1.807) is 6.92 Å². The molecule has 136 valence electrons. The van der Waals surface area contributed by atoms with Gasteiger partial charge in [0.25, 0.3) is 0 Å². The maximum atomic E-state index is 13.4. The van der Waals surface area contributed by atoms with Crippen LogP contribution in [0.5, 0.6) is 0 Å². The minimum atomic E-state index is -3.65. The molecular formula is C18H22ClFN2O2S. The Hall–Kier alpha value is -1.47. The van der Waals surface area contributed by atoms with Crippen LogP contribution < -0.4 is 5.73 Å². The van der Waals surface area contributed by atoms with Crippen molar-refractivity contribution in [2.24, 2.45) is 11.7 Å². The van der Waals surface area contributed by atoms with Gasteiger partial charge in [-0.3, -0.25) is 0 Å². The summed E-state index contributed by atoms with van der Waals surface area (Å²) in [5, 5.41) is 0. The molecule has 0 spiro atoms. The van der Waals surface area contributed by atoms with Gasteiger partial charge in [-0.05, 0) is 48.7 Å². The van der Waals surface area contributed by atoms with Crippen LogP contribution in [0.4, 0.5) is 4.39 Å². The second-order valence-electron chi connectivity index (χ2n) is 6.25. The third-order valence-electron chi connectivity index (χ3n) is 4.71. The lowest BCUT2D eigenvalue weighted by Gasteiger charge is -2.17. The van der Waals surface area contributed by atoms with E-state index < -0.39 is 15.8 Å². The van der Waals surface area contributed by atoms with E-state index >= 15 is 0 Å². The number of rotatable bonds is 4. The lowest BCUT2D eigenvalue weighted by atomic mass is 9.89. The van der Waals surface area contributed by atoms with Crippen LogP contribution in [0.3, 0.4) is 0 Å². The smallest absolute Gasteiger partial charge is 0.243 e. The fourth-order valence-corrected chi connectivity index (χ4v) is 4.88. The molecular weight excluding hydrogens is 363 g/mol. The third-order valence-corrected chi connectivity index (χ3v) is 6.53. The molecule has 2 aromatic rings. The second kappa shape index (κ2) is 7.83. The predicted molar refractivity (Wildman–Crippen MR) is 98.9 cm³/mol. The molecule has 2 aromatic carbocycles. The summed E-state index contributed by atoms with van der Waals surface area (Å²) in [4.78, 5) is 0.130. The highest BCUT2D eigenvalue weighted by molar-refractivity contribution is 7.89. The molecule has 3 rings (SSSR count). The van der Waals surface area contributed by atoms with Gasteiger partial charge >= 0.3 is 0 Å². The third kappa shape index (κ3) is 3.87. The lowest BCUT2D eigenvalue weighted by molar-refractivity contribution is 0.458. The zero-order valence-electron chi connectivity index (χ0n) is 13.9. The standard InChI is InChI=1S/C18H21FN2O2S.ClH/c1-13-9-16(7-8-18(13)19)24(22,23)21-11-15(10-20)17(12-21)14-5-3-2-4-6-14;/h2-9,15,17H,10-12,20H2,1H3;1H/t15-,17+;/m1./s1. The van der Waals surface area contributed by atoms with Gasteiger partial charge in [-0.15, -0.1) is 12.4 Å². The summed E-state index contributed by atoms with van der Waals surface area (Å²) >= 11 is 0. The Kier molecular flexibility index (Phi) is 6.21. The van der Waals surface area contributed by atoms with Crippen LogP contribution in [0.1, 0.15) is 17.0 Å². The van der Waals surface area contributed by atoms with Crippen molar-refractivity contribution in [2.75, 3.05) is 19.6 Å². The molecule has 1 fully saturated rings. The number of nitrogens with two attached hydrogens (primary N) is 1. The molecule has 4 nitrogen and oxygen atoms in total. The molecule has 1 saturated heterocycles. The summed E-state index contributed by atoms with van der Waals surface area (Å²) < 4.78 is 40.7. The van der Waals surface area contributed by atoms with Crippen molar-refractivity contribution < 1.29 is 12.8 Å². The molecule has 0 saturated carbocycles. The highest BCUT2D eigenvalue weighted by Gasteiger charge is 2.39. The average Bonchev–Trinajstić information content (AvgIpc) is 3.03. The van der Waals surface area contributed by atoms with Crippen LogP contribution in [-0.4, -0.2) is 32.4 Å². The van der Waals surface area contributed by atoms with E-state index in [0.717, 1.165) is 5.56 Å². The van der Waals surface area contributed by atoms with Crippen molar-refractivity contribution in [1.82, 2.24) is 4.31 Å². The van der Waals surface area contributed by atoms with E-state index in [-0.39, 0.29) is 29.1 Å². The number of nitrogens with zero attached hydrogens (tertiary/aromatic N) is 1. The van der Waals surface area contributed by atoms with Crippen molar-refractivity contribution in [1.29, 1.82) is 0 Å². The molecule has 0 unspecified atom stereocenters. The Morgan fingerprint density at radius 2 is 1.84 bits per heavy atom. The van der Waals surface area contributed by atoms with Crippen LogP contribution >= 0.6 is 12.4 Å². The first kappa shape index (κ1) is 19.8. The summed E-state index contributed by atoms with van der Waals surface area (Å²) in [6.07, 6.45) is 0. The average molecular weight is 385 g/mol. The SMILES string of the molecule is Cc1cc(S(=O)(=O)N2C[C@@H](CN)[C@H](c3ccccc3)C2)ccc1F.Cl. The van der Waals surface area contributed by atoms with Crippen molar-refractivity contribution in [3.8, 4) is 0 Å². The first-order valence-corrected chi connectivity index (χ1v) is 9.39. The molecule has 0 aliphatic carbocycles. The van der Waals surface area contributed by atoms with Crippen LogP contribution in [0.25, 0.3) is 0 Å². The number of hydrogen-bond acceptors (Lipinski definition) is 3. The van der Waals surface area contributed by atoms with E-state index in [9.17, 15) is 12.8 Å². The molecule has 0 aromatic heterocycles. The monoisotopic (exact) mass is 384 g/mol. The lowest BCUT2D eigenvalue weighted by Crippen LogP contribution is -2.30. The number of benzene rings is 2. The topological polar surface area (TPSA) is 63.4 Å². The van der Waals surface area contributed by atoms with E-state index in [1.807, 2.05) is 30.3 Å². The maximum absolute atomic E-state index is 13.4. The molecule has 25 heavy (non-hydrogen) atoms. The molecule has 0 amide bonds. The van der Waals surface area contributed by atoms with Gasteiger partial charge in [0.1, 0.15) is 5.82 Å². The summed E-state index contributed by atoms with van der Waals surface area (Å²) in [5.41, 5.74) is 7.30. The molecule has 2 atom stereocenters. The van der Waals surface area contributed by atoms with E-state index in [1.165, 1.54) is 22.5 Å². The first-order chi connectivity index (χ1) is 11.4. The van der Waals surface area contributed by atoms with Gasteiger partial charge in [0.15, 0.2) is 0 Å². The van der Waals surface area contributed by atoms with Crippen LogP contribution in [0.2, 0.25) is 0 Å².